The van der Waals surface area contributed by atoms with E-state index in [0.717, 1.165) is 24.0 Å². The highest BCUT2D eigenvalue weighted by atomic mass is 19.1. The second-order valence-corrected chi connectivity index (χ2v) is 9.09. The molecular weight excluding hydrogens is 477 g/mol. The number of benzene rings is 2. The summed E-state index contributed by atoms with van der Waals surface area (Å²) in [5, 5.41) is 17.6. The van der Waals surface area contributed by atoms with Crippen LogP contribution in [0.1, 0.15) is 40.4 Å². The van der Waals surface area contributed by atoms with E-state index in [9.17, 15) is 19.1 Å². The first-order chi connectivity index (χ1) is 17.8. The Kier molecular flexibility index (Phi) is 6.43. The molecule has 0 aliphatic carbocycles. The second-order valence-electron chi connectivity index (χ2n) is 9.09. The number of likely N-dealkylation sites (tertiary alicyclic amines) is 1. The average molecular weight is 504 g/mol. The van der Waals surface area contributed by atoms with Crippen LogP contribution in [0.15, 0.2) is 48.8 Å². The number of amides is 2. The minimum atomic E-state index is -0.955. The van der Waals surface area contributed by atoms with Gasteiger partial charge >= 0.3 is 6.09 Å². The number of fused-ring (bicyclic) bond motifs is 1. The highest BCUT2D eigenvalue weighted by Gasteiger charge is 2.28. The van der Waals surface area contributed by atoms with E-state index < -0.39 is 17.8 Å². The maximum absolute atomic E-state index is 14.3. The Morgan fingerprint density at radius 1 is 1.19 bits per heavy atom. The lowest BCUT2D eigenvalue weighted by Gasteiger charge is -2.30. The zero-order valence-electron chi connectivity index (χ0n) is 20.2. The van der Waals surface area contributed by atoms with Crippen molar-refractivity contribution in [1.82, 2.24) is 30.0 Å². The normalized spacial score (nSPS) is 15.6. The summed E-state index contributed by atoms with van der Waals surface area (Å²) in [4.78, 5) is 33.9. The van der Waals surface area contributed by atoms with Crippen molar-refractivity contribution < 1.29 is 19.1 Å². The number of nitrogens with two attached hydrogens (primary N) is 1. The Bertz CT molecular complexity index is 1490. The fourth-order valence-electron chi connectivity index (χ4n) is 4.66. The molecule has 3 heterocycles. The Hall–Kier alpha value is -4.54. The maximum Gasteiger partial charge on any atom is 0.407 e. The van der Waals surface area contributed by atoms with Crippen molar-refractivity contribution in [2.75, 3.05) is 18.8 Å². The molecule has 4 N–H and O–H groups in total. The Morgan fingerprint density at radius 3 is 2.73 bits per heavy atom. The van der Waals surface area contributed by atoms with Crippen LogP contribution in [-0.4, -0.2) is 54.8 Å². The first-order valence-electron chi connectivity index (χ1n) is 11.9. The van der Waals surface area contributed by atoms with E-state index in [4.69, 9.17) is 10.8 Å². The number of carbonyl (C=O) groups excluding carboxylic acids is 1. The van der Waals surface area contributed by atoms with E-state index in [-0.39, 0.29) is 24.0 Å². The quantitative estimate of drug-likeness (QED) is 0.377. The third kappa shape index (κ3) is 4.67. The molecule has 2 aromatic carbocycles. The average Bonchev–Trinajstić information content (AvgIpc) is 3.30. The van der Waals surface area contributed by atoms with Crippen LogP contribution in [0.2, 0.25) is 0 Å². The molecule has 1 atom stereocenters. The summed E-state index contributed by atoms with van der Waals surface area (Å²) in [6.07, 6.45) is 1.91. The highest BCUT2D eigenvalue weighted by Crippen LogP contribution is 2.33. The monoisotopic (exact) mass is 503 g/mol. The molecule has 11 heteroatoms. The van der Waals surface area contributed by atoms with Gasteiger partial charge in [0.1, 0.15) is 23.7 Å². The number of halogens is 1. The number of hydrogen-bond acceptors (Lipinski definition) is 6. The molecule has 0 spiro atoms. The minimum Gasteiger partial charge on any atom is -0.465 e. The van der Waals surface area contributed by atoms with Gasteiger partial charge in [0.15, 0.2) is 5.65 Å². The molecule has 1 aliphatic rings. The number of carboxylic acid groups (broad SMARTS) is 1. The van der Waals surface area contributed by atoms with Crippen LogP contribution in [0.4, 0.5) is 15.0 Å². The van der Waals surface area contributed by atoms with Crippen LogP contribution >= 0.6 is 0 Å². The number of carbonyl (C=O) groups is 2. The molecule has 5 rings (SSSR count). The molecule has 0 radical (unpaired) electrons. The highest BCUT2D eigenvalue weighted by molar-refractivity contribution is 5.98. The third-order valence-corrected chi connectivity index (χ3v) is 6.65. The fraction of sp³-hybridized carbons (Fsp3) is 0.269. The number of aryl methyl sites for hydroxylation is 1. The summed E-state index contributed by atoms with van der Waals surface area (Å²) in [6.45, 7) is 2.64. The molecule has 2 amide bonds. The van der Waals surface area contributed by atoms with E-state index in [0.29, 0.717) is 35.4 Å². The van der Waals surface area contributed by atoms with E-state index in [1.807, 2.05) is 24.3 Å². The number of piperidine rings is 1. The van der Waals surface area contributed by atoms with Crippen molar-refractivity contribution in [3.8, 4) is 11.3 Å². The molecule has 1 fully saturated rings. The van der Waals surface area contributed by atoms with Gasteiger partial charge in [-0.25, -0.2) is 23.8 Å². The number of anilines is 1. The van der Waals surface area contributed by atoms with Crippen LogP contribution in [0, 0.1) is 12.7 Å². The summed E-state index contributed by atoms with van der Waals surface area (Å²) in [6, 6.07) is 12.0. The molecule has 0 saturated carbocycles. The zero-order valence-corrected chi connectivity index (χ0v) is 20.2. The lowest BCUT2D eigenvalue weighted by molar-refractivity contribution is 0.0946. The summed E-state index contributed by atoms with van der Waals surface area (Å²) in [5.74, 6) is -0.724. The van der Waals surface area contributed by atoms with Gasteiger partial charge in [-0.2, -0.15) is 5.10 Å². The van der Waals surface area contributed by atoms with Crippen LogP contribution < -0.4 is 11.1 Å². The lowest BCUT2D eigenvalue weighted by Crippen LogP contribution is -2.40. The predicted molar refractivity (Wildman–Crippen MR) is 135 cm³/mol. The standard InChI is InChI=1S/C26H26FN7O3/c1-15-4-2-6-19(21(15)27)25(35)29-12-16-7-9-17(10-8-16)22-20-23(28)30-14-31-24(20)34(32-22)18-5-3-11-33(13-18)26(36)37/h2,4,6-10,14,18H,3,5,11-13H2,1H3,(H,29,35)(H,36,37)(H2,28,30,31)/t18-/m1/s1. The molecule has 10 nitrogen and oxygen atoms in total. The number of hydrogen-bond donors (Lipinski definition) is 3. The SMILES string of the molecule is Cc1cccc(C(=O)NCc2ccc(-c3nn([C@@H]4CCCN(C(=O)O)C4)c4ncnc(N)c34)cc2)c1F. The van der Waals surface area contributed by atoms with Crippen molar-refractivity contribution in [1.29, 1.82) is 0 Å². The number of rotatable bonds is 5. The second kappa shape index (κ2) is 9.84. The van der Waals surface area contributed by atoms with Gasteiger partial charge < -0.3 is 21.1 Å². The topological polar surface area (TPSA) is 139 Å². The number of nitrogens with zero attached hydrogens (tertiary/aromatic N) is 5. The van der Waals surface area contributed by atoms with Crippen LogP contribution in [0.3, 0.4) is 0 Å². The molecule has 190 valence electrons. The Labute approximate surface area is 211 Å². The van der Waals surface area contributed by atoms with Crippen molar-refractivity contribution >= 4 is 28.9 Å². The summed E-state index contributed by atoms with van der Waals surface area (Å²) in [5.41, 5.74) is 9.38. The largest absolute Gasteiger partial charge is 0.465 e. The smallest absolute Gasteiger partial charge is 0.407 e. The van der Waals surface area contributed by atoms with Crippen LogP contribution in [0.5, 0.6) is 0 Å². The molecule has 1 saturated heterocycles. The first kappa shape index (κ1) is 24.2. The van der Waals surface area contributed by atoms with Gasteiger partial charge in [0.05, 0.1) is 17.0 Å². The van der Waals surface area contributed by atoms with Gasteiger partial charge in [-0.1, -0.05) is 36.4 Å². The molecule has 0 bridgehead atoms. The molecule has 37 heavy (non-hydrogen) atoms. The van der Waals surface area contributed by atoms with Crippen molar-refractivity contribution in [2.45, 2.75) is 32.4 Å². The third-order valence-electron chi connectivity index (χ3n) is 6.65. The number of nitrogen functional groups attached to an aromatic ring is 1. The van der Waals surface area contributed by atoms with Crippen LogP contribution in [-0.2, 0) is 6.54 Å². The molecule has 4 aromatic rings. The van der Waals surface area contributed by atoms with E-state index in [2.05, 4.69) is 15.3 Å². The van der Waals surface area contributed by atoms with Crippen molar-refractivity contribution in [2.24, 2.45) is 0 Å². The maximum atomic E-state index is 14.3. The summed E-state index contributed by atoms with van der Waals surface area (Å²) >= 11 is 0. The Morgan fingerprint density at radius 2 is 1.97 bits per heavy atom. The van der Waals surface area contributed by atoms with Gasteiger partial charge in [-0.15, -0.1) is 0 Å². The van der Waals surface area contributed by atoms with Gasteiger partial charge in [0.25, 0.3) is 5.91 Å². The fourth-order valence-corrected chi connectivity index (χ4v) is 4.66. The lowest BCUT2D eigenvalue weighted by atomic mass is 10.1. The van der Waals surface area contributed by atoms with E-state index in [1.165, 1.54) is 17.3 Å². The summed E-state index contributed by atoms with van der Waals surface area (Å²) < 4.78 is 16.0. The molecule has 2 aromatic heterocycles. The van der Waals surface area contributed by atoms with Gasteiger partial charge in [-0.05, 0) is 37.0 Å². The molecular formula is C26H26FN7O3. The minimum absolute atomic E-state index is 0.00767. The van der Waals surface area contributed by atoms with Crippen molar-refractivity contribution in [3.63, 3.8) is 0 Å². The van der Waals surface area contributed by atoms with Crippen LogP contribution in [0.25, 0.3) is 22.3 Å². The summed E-state index contributed by atoms with van der Waals surface area (Å²) in [7, 11) is 0. The molecule has 1 aliphatic heterocycles. The predicted octanol–water partition coefficient (Wildman–Crippen LogP) is 3.77. The van der Waals surface area contributed by atoms with Gasteiger partial charge in [-0.3, -0.25) is 4.79 Å². The first-order valence-corrected chi connectivity index (χ1v) is 11.9. The molecule has 0 unspecified atom stereocenters. The zero-order chi connectivity index (χ0) is 26.1. The van der Waals surface area contributed by atoms with Gasteiger partial charge in [0, 0.05) is 25.2 Å². The van der Waals surface area contributed by atoms with Gasteiger partial charge in [0.2, 0.25) is 0 Å². The van der Waals surface area contributed by atoms with E-state index >= 15 is 0 Å². The van der Waals surface area contributed by atoms with E-state index in [1.54, 1.807) is 23.7 Å². The van der Waals surface area contributed by atoms with Crippen molar-refractivity contribution in [3.05, 3.63) is 71.3 Å². The number of aromatic nitrogens is 4. The Balaban J connectivity index is 1.39. The number of nitrogens with one attached hydrogen (secondary N) is 1.